The molecule has 0 spiro atoms. The Labute approximate surface area is 146 Å². The fraction of sp³-hybridized carbons (Fsp3) is 0.250. The molecule has 0 bridgehead atoms. The van der Waals surface area contributed by atoms with Crippen LogP contribution in [-0.4, -0.2) is 38.1 Å². The van der Waals surface area contributed by atoms with Crippen LogP contribution in [0.2, 0.25) is 0 Å². The first-order valence-corrected chi connectivity index (χ1v) is 8.08. The highest BCUT2D eigenvalue weighted by Gasteiger charge is 2.26. The molecular formula is C16H15F2N7O. The minimum absolute atomic E-state index is 0.0308. The summed E-state index contributed by atoms with van der Waals surface area (Å²) in [6.45, 7) is 0.857. The lowest BCUT2D eigenvalue weighted by molar-refractivity contribution is 0.102. The average Bonchev–Trinajstić information content (AvgIpc) is 3.36. The number of nitrogens with zero attached hydrogens (tertiary/aromatic N) is 3. The largest absolute Gasteiger partial charge is 0.308 e. The van der Waals surface area contributed by atoms with E-state index in [1.807, 2.05) is 0 Å². The predicted octanol–water partition coefficient (Wildman–Crippen LogP) is 2.15. The van der Waals surface area contributed by atoms with Gasteiger partial charge in [0, 0.05) is 6.07 Å². The number of nitrogens with one attached hydrogen (secondary N) is 4. The summed E-state index contributed by atoms with van der Waals surface area (Å²) in [6, 6.07) is 4.89. The van der Waals surface area contributed by atoms with Gasteiger partial charge >= 0.3 is 0 Å². The van der Waals surface area contributed by atoms with E-state index in [2.05, 4.69) is 36.2 Å². The minimum atomic E-state index is -0.724. The van der Waals surface area contributed by atoms with Crippen molar-refractivity contribution in [2.75, 3.05) is 11.9 Å². The molecule has 1 aromatic carbocycles. The standard InChI is InChI=1S/C16H15F2N7O/c17-8-3-1-4-9(18)13(8)11-7-12(22-21-11)20-16(26)15-14(23-25-24-15)10-5-2-6-19-10/h1,3-4,7,10,19H,2,5-6H2,(H,23,24,25)(H2,20,21,22,26). The van der Waals surface area contributed by atoms with E-state index < -0.39 is 17.5 Å². The average molecular weight is 359 g/mol. The third kappa shape index (κ3) is 2.94. The Morgan fingerprint density at radius 2 is 2.00 bits per heavy atom. The molecular weight excluding hydrogens is 344 g/mol. The minimum Gasteiger partial charge on any atom is -0.308 e. The zero-order valence-corrected chi connectivity index (χ0v) is 13.5. The molecule has 1 saturated heterocycles. The fourth-order valence-electron chi connectivity index (χ4n) is 3.01. The molecule has 10 heteroatoms. The molecule has 1 amide bonds. The van der Waals surface area contributed by atoms with Crippen LogP contribution < -0.4 is 10.6 Å². The molecule has 3 heterocycles. The molecule has 1 aliphatic rings. The van der Waals surface area contributed by atoms with Crippen molar-refractivity contribution in [3.05, 3.63) is 47.3 Å². The third-order valence-electron chi connectivity index (χ3n) is 4.23. The molecule has 1 aliphatic heterocycles. The van der Waals surface area contributed by atoms with Gasteiger partial charge < -0.3 is 10.6 Å². The lowest BCUT2D eigenvalue weighted by Gasteiger charge is -2.07. The number of aromatic nitrogens is 5. The molecule has 2 aromatic heterocycles. The van der Waals surface area contributed by atoms with Crippen molar-refractivity contribution < 1.29 is 13.6 Å². The third-order valence-corrected chi connectivity index (χ3v) is 4.23. The topological polar surface area (TPSA) is 111 Å². The van der Waals surface area contributed by atoms with E-state index >= 15 is 0 Å². The molecule has 1 unspecified atom stereocenters. The molecule has 4 N–H and O–H groups in total. The number of amides is 1. The Hall–Kier alpha value is -3.14. The van der Waals surface area contributed by atoms with Gasteiger partial charge in [-0.3, -0.25) is 9.89 Å². The Morgan fingerprint density at radius 1 is 1.19 bits per heavy atom. The molecule has 0 radical (unpaired) electrons. The first-order chi connectivity index (χ1) is 12.6. The lowest BCUT2D eigenvalue weighted by Crippen LogP contribution is -2.20. The summed E-state index contributed by atoms with van der Waals surface area (Å²) in [5.74, 6) is -1.83. The van der Waals surface area contributed by atoms with Gasteiger partial charge in [0.1, 0.15) is 17.3 Å². The normalized spacial score (nSPS) is 16.8. The highest BCUT2D eigenvalue weighted by Crippen LogP contribution is 2.27. The number of hydrogen-bond acceptors (Lipinski definition) is 5. The Morgan fingerprint density at radius 3 is 2.73 bits per heavy atom. The number of hydrogen-bond donors (Lipinski definition) is 4. The summed E-state index contributed by atoms with van der Waals surface area (Å²) in [5, 5.41) is 22.6. The fourth-order valence-corrected chi connectivity index (χ4v) is 3.01. The zero-order chi connectivity index (χ0) is 18.1. The van der Waals surface area contributed by atoms with Gasteiger partial charge in [0.25, 0.3) is 5.91 Å². The summed E-state index contributed by atoms with van der Waals surface area (Å²) < 4.78 is 27.7. The number of carbonyl (C=O) groups excluding carboxylic acids is 1. The number of anilines is 1. The maximum Gasteiger partial charge on any atom is 0.279 e. The summed E-state index contributed by atoms with van der Waals surface area (Å²) in [5.41, 5.74) is 0.577. The van der Waals surface area contributed by atoms with Crippen LogP contribution in [-0.2, 0) is 0 Å². The van der Waals surface area contributed by atoms with Crippen molar-refractivity contribution in [3.63, 3.8) is 0 Å². The van der Waals surface area contributed by atoms with E-state index in [0.717, 1.165) is 31.5 Å². The van der Waals surface area contributed by atoms with Gasteiger partial charge in [0.15, 0.2) is 11.5 Å². The first-order valence-electron chi connectivity index (χ1n) is 8.08. The smallest absolute Gasteiger partial charge is 0.279 e. The van der Waals surface area contributed by atoms with Crippen molar-refractivity contribution in [2.45, 2.75) is 18.9 Å². The van der Waals surface area contributed by atoms with Gasteiger partial charge in [-0.05, 0) is 31.5 Å². The van der Waals surface area contributed by atoms with Crippen molar-refractivity contribution in [3.8, 4) is 11.3 Å². The van der Waals surface area contributed by atoms with Gasteiger partial charge in [-0.25, -0.2) is 8.78 Å². The van der Waals surface area contributed by atoms with Crippen molar-refractivity contribution in [2.24, 2.45) is 0 Å². The number of benzene rings is 1. The Kier molecular flexibility index (Phi) is 4.17. The molecule has 3 aromatic rings. The van der Waals surface area contributed by atoms with E-state index in [4.69, 9.17) is 0 Å². The summed E-state index contributed by atoms with van der Waals surface area (Å²) >= 11 is 0. The number of rotatable bonds is 4. The van der Waals surface area contributed by atoms with Crippen molar-refractivity contribution in [1.29, 1.82) is 0 Å². The Bertz CT molecular complexity index is 925. The lowest BCUT2D eigenvalue weighted by atomic mass is 10.1. The van der Waals surface area contributed by atoms with E-state index in [0.29, 0.717) is 5.69 Å². The molecule has 1 fully saturated rings. The number of aromatic amines is 2. The monoisotopic (exact) mass is 359 g/mol. The van der Waals surface area contributed by atoms with Crippen LogP contribution in [0.15, 0.2) is 24.3 Å². The zero-order valence-electron chi connectivity index (χ0n) is 13.5. The maximum absolute atomic E-state index is 13.9. The summed E-state index contributed by atoms with van der Waals surface area (Å²) in [7, 11) is 0. The summed E-state index contributed by atoms with van der Waals surface area (Å²) in [6.07, 6.45) is 1.86. The van der Waals surface area contributed by atoms with Crippen LogP contribution in [0.25, 0.3) is 11.3 Å². The highest BCUT2D eigenvalue weighted by atomic mass is 19.1. The molecule has 26 heavy (non-hydrogen) atoms. The van der Waals surface area contributed by atoms with Gasteiger partial charge in [-0.2, -0.15) is 20.5 Å². The van der Waals surface area contributed by atoms with Crippen molar-refractivity contribution >= 4 is 11.7 Å². The molecule has 134 valence electrons. The van der Waals surface area contributed by atoms with Gasteiger partial charge in [-0.1, -0.05) is 6.07 Å². The summed E-state index contributed by atoms with van der Waals surface area (Å²) in [4.78, 5) is 12.5. The predicted molar refractivity (Wildman–Crippen MR) is 88.3 cm³/mol. The maximum atomic E-state index is 13.9. The molecule has 1 atom stereocenters. The second kappa shape index (κ2) is 6.64. The number of halogens is 2. The number of carbonyl (C=O) groups is 1. The second-order valence-corrected chi connectivity index (χ2v) is 5.92. The molecule has 8 nitrogen and oxygen atoms in total. The van der Waals surface area contributed by atoms with E-state index in [-0.39, 0.29) is 28.8 Å². The van der Waals surface area contributed by atoms with Gasteiger partial charge in [-0.15, -0.1) is 0 Å². The highest BCUT2D eigenvalue weighted by molar-refractivity contribution is 6.03. The molecule has 0 aliphatic carbocycles. The van der Waals surface area contributed by atoms with Crippen LogP contribution in [0.1, 0.15) is 35.1 Å². The number of H-pyrrole nitrogens is 2. The van der Waals surface area contributed by atoms with Gasteiger partial charge in [0.05, 0.1) is 17.3 Å². The van der Waals surface area contributed by atoms with Gasteiger partial charge in [0.2, 0.25) is 0 Å². The van der Waals surface area contributed by atoms with Crippen molar-refractivity contribution in [1.82, 2.24) is 30.9 Å². The van der Waals surface area contributed by atoms with E-state index in [1.165, 1.54) is 12.1 Å². The molecule has 4 rings (SSSR count). The van der Waals surface area contributed by atoms with Crippen LogP contribution in [0.4, 0.5) is 14.6 Å². The second-order valence-electron chi connectivity index (χ2n) is 5.92. The van der Waals surface area contributed by atoms with Crippen LogP contribution >= 0.6 is 0 Å². The van der Waals surface area contributed by atoms with Crippen LogP contribution in [0, 0.1) is 11.6 Å². The molecule has 0 saturated carbocycles. The van der Waals surface area contributed by atoms with Crippen LogP contribution in [0.5, 0.6) is 0 Å². The van der Waals surface area contributed by atoms with E-state index in [1.54, 1.807) is 0 Å². The van der Waals surface area contributed by atoms with Crippen LogP contribution in [0.3, 0.4) is 0 Å². The van der Waals surface area contributed by atoms with E-state index in [9.17, 15) is 13.6 Å². The Balaban J connectivity index is 1.55. The SMILES string of the molecule is O=C(Nc1cc(-c2c(F)cccc2F)[nH]n1)c1n[nH]nc1C1CCCN1. The quantitative estimate of drug-likeness (QED) is 0.570. The first kappa shape index (κ1) is 16.3.